The largest absolute Gasteiger partial charge is 0.390 e. The number of sulfone groups is 1. The monoisotopic (exact) mass is 207 g/mol. The van der Waals surface area contributed by atoms with Gasteiger partial charge in [-0.15, -0.1) is 0 Å². The number of nitrogens with one attached hydrogen (secondary N) is 1. The zero-order chi connectivity index (χ0) is 9.95. The molecule has 13 heavy (non-hydrogen) atoms. The molecule has 2 N–H and O–H groups in total. The van der Waals surface area contributed by atoms with Gasteiger partial charge in [-0.05, 0) is 32.4 Å². The van der Waals surface area contributed by atoms with Gasteiger partial charge in [-0.25, -0.2) is 8.42 Å². The Labute approximate surface area is 79.3 Å². The number of piperidine rings is 1. The lowest BCUT2D eigenvalue weighted by atomic mass is 9.90. The Morgan fingerprint density at radius 3 is 2.38 bits per heavy atom. The van der Waals surface area contributed by atoms with Crippen molar-refractivity contribution in [2.75, 3.05) is 25.1 Å². The van der Waals surface area contributed by atoms with Crippen LogP contribution in [0.5, 0.6) is 0 Å². The Morgan fingerprint density at radius 1 is 1.38 bits per heavy atom. The van der Waals surface area contributed by atoms with E-state index in [1.54, 1.807) is 0 Å². The van der Waals surface area contributed by atoms with Crippen molar-refractivity contribution in [2.24, 2.45) is 0 Å². The lowest BCUT2D eigenvalue weighted by Crippen LogP contribution is -2.42. The molecule has 5 heteroatoms. The number of hydrogen-bond donors (Lipinski definition) is 2. The first kappa shape index (κ1) is 10.9. The van der Waals surface area contributed by atoms with E-state index in [2.05, 4.69) is 5.32 Å². The topological polar surface area (TPSA) is 66.4 Å². The van der Waals surface area contributed by atoms with E-state index in [1.165, 1.54) is 6.26 Å². The van der Waals surface area contributed by atoms with Crippen molar-refractivity contribution in [2.45, 2.75) is 24.9 Å². The van der Waals surface area contributed by atoms with E-state index in [0.717, 1.165) is 13.1 Å². The molecule has 1 rings (SSSR count). The molecule has 0 aliphatic carbocycles. The molecule has 1 aliphatic heterocycles. The molecule has 0 aromatic carbocycles. The molecule has 0 unspecified atom stereocenters. The molecule has 0 saturated carbocycles. The highest BCUT2D eigenvalue weighted by atomic mass is 32.2. The van der Waals surface area contributed by atoms with E-state index in [4.69, 9.17) is 0 Å². The van der Waals surface area contributed by atoms with E-state index < -0.39 is 15.4 Å². The number of hydrogen-bond acceptors (Lipinski definition) is 4. The predicted octanol–water partition coefficient (Wildman–Crippen LogP) is -0.464. The summed E-state index contributed by atoms with van der Waals surface area (Å²) in [6, 6.07) is 0. The fourth-order valence-corrected chi connectivity index (χ4v) is 2.27. The summed E-state index contributed by atoms with van der Waals surface area (Å²) in [5.74, 6) is 0.0868. The fourth-order valence-electron chi connectivity index (χ4n) is 1.52. The molecule has 0 radical (unpaired) electrons. The van der Waals surface area contributed by atoms with Gasteiger partial charge < -0.3 is 10.4 Å². The maximum Gasteiger partial charge on any atom is 0.147 e. The van der Waals surface area contributed by atoms with Gasteiger partial charge in [-0.2, -0.15) is 0 Å². The maximum atomic E-state index is 10.9. The summed E-state index contributed by atoms with van der Waals surface area (Å²) < 4.78 is 21.8. The van der Waals surface area contributed by atoms with Crippen LogP contribution in [0.15, 0.2) is 0 Å². The molecule has 0 bridgehead atoms. The summed E-state index contributed by atoms with van der Waals surface area (Å²) in [5.41, 5.74) is -0.756. The lowest BCUT2D eigenvalue weighted by Gasteiger charge is -2.32. The number of rotatable bonds is 3. The zero-order valence-corrected chi connectivity index (χ0v) is 8.73. The van der Waals surface area contributed by atoms with Crippen LogP contribution in [0.1, 0.15) is 19.3 Å². The molecule has 1 saturated heterocycles. The third-order valence-electron chi connectivity index (χ3n) is 2.47. The van der Waals surface area contributed by atoms with Crippen molar-refractivity contribution in [3.63, 3.8) is 0 Å². The van der Waals surface area contributed by atoms with Crippen LogP contribution in [0.2, 0.25) is 0 Å². The minimum absolute atomic E-state index is 0.0868. The first-order chi connectivity index (χ1) is 5.91. The van der Waals surface area contributed by atoms with E-state index in [9.17, 15) is 13.5 Å². The molecule has 0 spiro atoms. The van der Waals surface area contributed by atoms with E-state index >= 15 is 0 Å². The molecule has 0 aromatic heterocycles. The molecular formula is C8H17NO3S. The lowest BCUT2D eigenvalue weighted by molar-refractivity contribution is 0.00771. The Kier molecular flexibility index (Phi) is 3.32. The van der Waals surface area contributed by atoms with E-state index in [1.807, 2.05) is 0 Å². The van der Waals surface area contributed by atoms with E-state index in [-0.39, 0.29) is 5.75 Å². The van der Waals surface area contributed by atoms with Crippen molar-refractivity contribution in [1.29, 1.82) is 0 Å². The SMILES string of the molecule is CS(=O)(=O)CCC1(O)CCNCC1. The smallest absolute Gasteiger partial charge is 0.147 e. The highest BCUT2D eigenvalue weighted by molar-refractivity contribution is 7.90. The molecule has 0 aromatic rings. The molecule has 1 fully saturated rings. The number of aliphatic hydroxyl groups is 1. The first-order valence-electron chi connectivity index (χ1n) is 4.52. The van der Waals surface area contributed by atoms with Crippen molar-refractivity contribution in [3.8, 4) is 0 Å². The average molecular weight is 207 g/mol. The van der Waals surface area contributed by atoms with Gasteiger partial charge >= 0.3 is 0 Å². The fraction of sp³-hybridized carbons (Fsp3) is 1.00. The quantitative estimate of drug-likeness (QED) is 0.657. The summed E-state index contributed by atoms with van der Waals surface area (Å²) in [6.45, 7) is 1.56. The molecule has 4 nitrogen and oxygen atoms in total. The van der Waals surface area contributed by atoms with Crippen molar-refractivity contribution >= 4 is 9.84 Å². The molecule has 0 atom stereocenters. The second-order valence-corrected chi connectivity index (χ2v) is 6.11. The minimum Gasteiger partial charge on any atom is -0.390 e. The van der Waals surface area contributed by atoms with Crippen LogP contribution < -0.4 is 5.32 Å². The second-order valence-electron chi connectivity index (χ2n) is 3.85. The van der Waals surface area contributed by atoms with Crippen LogP contribution >= 0.6 is 0 Å². The second kappa shape index (κ2) is 3.94. The molecule has 1 aliphatic rings. The van der Waals surface area contributed by atoms with Crippen LogP contribution in [0.25, 0.3) is 0 Å². The Hall–Kier alpha value is -0.130. The Balaban J connectivity index is 2.42. The third kappa shape index (κ3) is 4.06. The molecule has 1 heterocycles. The van der Waals surface area contributed by atoms with Crippen LogP contribution in [0.3, 0.4) is 0 Å². The van der Waals surface area contributed by atoms with Crippen molar-refractivity contribution < 1.29 is 13.5 Å². The molecule has 0 amide bonds. The summed E-state index contributed by atoms with van der Waals surface area (Å²) in [4.78, 5) is 0. The van der Waals surface area contributed by atoms with Crippen molar-refractivity contribution in [3.05, 3.63) is 0 Å². The summed E-state index contributed by atoms with van der Waals surface area (Å²) >= 11 is 0. The zero-order valence-electron chi connectivity index (χ0n) is 7.91. The van der Waals surface area contributed by atoms with Gasteiger partial charge in [0.05, 0.1) is 11.4 Å². The van der Waals surface area contributed by atoms with Gasteiger partial charge in [0.15, 0.2) is 0 Å². The highest BCUT2D eigenvalue weighted by Crippen LogP contribution is 2.22. The molecule has 78 valence electrons. The Bertz CT molecular complexity index is 255. The van der Waals surface area contributed by atoms with Crippen LogP contribution in [0, 0.1) is 0 Å². The Morgan fingerprint density at radius 2 is 1.92 bits per heavy atom. The highest BCUT2D eigenvalue weighted by Gasteiger charge is 2.29. The predicted molar refractivity (Wildman–Crippen MR) is 51.4 cm³/mol. The van der Waals surface area contributed by atoms with Crippen molar-refractivity contribution in [1.82, 2.24) is 5.32 Å². The standard InChI is InChI=1S/C8H17NO3S/c1-13(11,12)7-4-8(10)2-5-9-6-3-8/h9-10H,2-7H2,1H3. The van der Waals surface area contributed by atoms with Gasteiger partial charge in [-0.1, -0.05) is 0 Å². The molecular weight excluding hydrogens is 190 g/mol. The minimum atomic E-state index is -2.94. The van der Waals surface area contributed by atoms with Crippen LogP contribution in [0.4, 0.5) is 0 Å². The summed E-state index contributed by atoms with van der Waals surface area (Å²) in [6.07, 6.45) is 2.88. The third-order valence-corrected chi connectivity index (χ3v) is 3.42. The van der Waals surface area contributed by atoms with Gasteiger partial charge in [0, 0.05) is 6.26 Å². The summed E-state index contributed by atoms with van der Waals surface area (Å²) in [7, 11) is -2.94. The van der Waals surface area contributed by atoms with Gasteiger partial charge in [0.1, 0.15) is 9.84 Å². The van der Waals surface area contributed by atoms with Crippen LogP contribution in [-0.2, 0) is 9.84 Å². The maximum absolute atomic E-state index is 10.9. The average Bonchev–Trinajstić information content (AvgIpc) is 2.02. The normalized spacial score (nSPS) is 22.9. The van der Waals surface area contributed by atoms with Crippen LogP contribution in [-0.4, -0.2) is 44.2 Å². The first-order valence-corrected chi connectivity index (χ1v) is 6.58. The van der Waals surface area contributed by atoms with Gasteiger partial charge in [-0.3, -0.25) is 0 Å². The van der Waals surface area contributed by atoms with E-state index in [0.29, 0.717) is 19.3 Å². The van der Waals surface area contributed by atoms with Gasteiger partial charge in [0.2, 0.25) is 0 Å². The summed E-state index contributed by atoms with van der Waals surface area (Å²) in [5, 5.41) is 13.1. The van der Waals surface area contributed by atoms with Gasteiger partial charge in [0.25, 0.3) is 0 Å².